The number of primary amides is 1. The predicted octanol–water partition coefficient (Wildman–Crippen LogP) is 2.59. The molecule has 0 spiro atoms. The number of carbonyl (C=O) groups excluding carboxylic acids is 3. The minimum Gasteiger partial charge on any atom is -0.369 e. The average molecular weight is 536 g/mol. The van der Waals surface area contributed by atoms with E-state index in [0.29, 0.717) is 11.1 Å². The molecule has 5 aliphatic rings. The monoisotopic (exact) mass is 535 g/mol. The Balaban J connectivity index is 1.36. The second kappa shape index (κ2) is 10.8. The lowest BCUT2D eigenvalue weighted by Gasteiger charge is -2.38. The van der Waals surface area contributed by atoms with Crippen molar-refractivity contribution in [2.24, 2.45) is 16.8 Å². The minimum atomic E-state index is -0.769. The van der Waals surface area contributed by atoms with Gasteiger partial charge >= 0.3 is 0 Å². The molecule has 0 bridgehead atoms. The van der Waals surface area contributed by atoms with Gasteiger partial charge in [-0.1, -0.05) is 24.4 Å². The number of piperazine rings is 1. The zero-order valence-corrected chi connectivity index (χ0v) is 22.3. The minimum absolute atomic E-state index is 0.0284. The number of Topliss-reactive ketones (excluding diaryl/α,β-unsaturated/α-hetero) is 1. The molecule has 208 valence electrons. The van der Waals surface area contributed by atoms with E-state index in [1.165, 1.54) is 12.8 Å². The molecule has 4 atom stereocenters. The molecule has 3 saturated heterocycles. The van der Waals surface area contributed by atoms with E-state index >= 15 is 0 Å². The lowest BCUT2D eigenvalue weighted by atomic mass is 9.74. The largest absolute Gasteiger partial charge is 0.369 e. The predicted molar refractivity (Wildman–Crippen MR) is 144 cm³/mol. The van der Waals surface area contributed by atoms with Crippen LogP contribution in [0.2, 0.25) is 0 Å². The Morgan fingerprint density at radius 3 is 2.49 bits per heavy atom. The fourth-order valence-corrected chi connectivity index (χ4v) is 7.27. The summed E-state index contributed by atoms with van der Waals surface area (Å²) in [5.74, 6) is -1.52. The molecule has 11 nitrogen and oxygen atoms in total. The van der Waals surface area contributed by atoms with Gasteiger partial charge in [-0.05, 0) is 60.9 Å². The third kappa shape index (κ3) is 4.99. The van der Waals surface area contributed by atoms with Crippen molar-refractivity contribution in [3.63, 3.8) is 0 Å². The maximum atomic E-state index is 14.5. The highest BCUT2D eigenvalue weighted by molar-refractivity contribution is 5.99. The average Bonchev–Trinajstić information content (AvgIpc) is 3.64. The van der Waals surface area contributed by atoms with Crippen LogP contribution in [0.3, 0.4) is 0 Å². The lowest BCUT2D eigenvalue weighted by Crippen LogP contribution is -2.47. The van der Waals surface area contributed by atoms with Crippen molar-refractivity contribution in [2.45, 2.75) is 75.1 Å². The molecule has 2 aliphatic carbocycles. The Bertz CT molecular complexity index is 1180. The highest BCUT2D eigenvalue weighted by Gasteiger charge is 2.53. The Morgan fingerprint density at radius 2 is 1.82 bits per heavy atom. The van der Waals surface area contributed by atoms with Gasteiger partial charge < -0.3 is 20.3 Å². The van der Waals surface area contributed by atoms with Crippen LogP contribution in [-0.2, 0) is 14.3 Å². The summed E-state index contributed by atoms with van der Waals surface area (Å²) in [4.78, 5) is 49.4. The Morgan fingerprint density at radius 1 is 1.08 bits per heavy atom. The summed E-state index contributed by atoms with van der Waals surface area (Å²) in [6.45, 7) is 3.82. The van der Waals surface area contributed by atoms with Crippen LogP contribution >= 0.6 is 0 Å². The number of carbonyl (C=O) groups is 3. The smallest absolute Gasteiger partial charge is 0.249 e. The van der Waals surface area contributed by atoms with Crippen molar-refractivity contribution < 1.29 is 19.1 Å². The van der Waals surface area contributed by atoms with E-state index in [0.717, 1.165) is 70.0 Å². The van der Waals surface area contributed by atoms with Crippen LogP contribution in [0.15, 0.2) is 23.3 Å². The van der Waals surface area contributed by atoms with E-state index in [1.807, 2.05) is 12.1 Å². The molecule has 0 unspecified atom stereocenters. The number of anilines is 1. The highest BCUT2D eigenvalue weighted by atomic mass is 16.5. The van der Waals surface area contributed by atoms with E-state index in [2.05, 4.69) is 19.8 Å². The van der Waals surface area contributed by atoms with Crippen LogP contribution in [0.25, 0.3) is 10.4 Å². The molecule has 39 heavy (non-hydrogen) atoms. The van der Waals surface area contributed by atoms with Gasteiger partial charge in [-0.2, -0.15) is 0 Å². The Kier molecular flexibility index (Phi) is 7.22. The SMILES string of the molecule is [N-]=[N+]=N[C@@H]1CN(C(=O)[C@H](c2cc(N3CCN(C4CC4)CC3)ccc2C(N)=O)C2CCCCC2)[C@@H]2C(=O)CO[C@@H]21. The summed E-state index contributed by atoms with van der Waals surface area (Å²) < 4.78 is 5.66. The molecule has 2 amide bonds. The number of likely N-dealkylation sites (tertiary alicyclic amines) is 1. The zero-order valence-electron chi connectivity index (χ0n) is 22.3. The number of fused-ring (bicyclic) bond motifs is 1. The first-order valence-electron chi connectivity index (χ1n) is 14.4. The first kappa shape index (κ1) is 26.1. The van der Waals surface area contributed by atoms with Gasteiger partial charge in [-0.15, -0.1) is 0 Å². The number of azide groups is 1. The Labute approximate surface area is 228 Å². The van der Waals surface area contributed by atoms with Crippen LogP contribution in [0.1, 0.15) is 66.8 Å². The molecule has 11 heteroatoms. The molecular weight excluding hydrogens is 498 g/mol. The number of ketones is 1. The number of nitrogens with two attached hydrogens (primary N) is 1. The molecule has 3 aliphatic heterocycles. The lowest BCUT2D eigenvalue weighted by molar-refractivity contribution is -0.139. The molecule has 0 radical (unpaired) electrons. The summed E-state index contributed by atoms with van der Waals surface area (Å²) in [6, 6.07) is 5.05. The highest BCUT2D eigenvalue weighted by Crippen LogP contribution is 2.42. The van der Waals surface area contributed by atoms with E-state index in [-0.39, 0.29) is 30.8 Å². The molecule has 2 saturated carbocycles. The van der Waals surface area contributed by atoms with Crippen LogP contribution in [0, 0.1) is 5.92 Å². The molecule has 0 aromatic heterocycles. The second-order valence-electron chi connectivity index (χ2n) is 11.7. The van der Waals surface area contributed by atoms with E-state index in [9.17, 15) is 14.4 Å². The Hall–Kier alpha value is -3.14. The molecule has 2 N–H and O–H groups in total. The van der Waals surface area contributed by atoms with Crippen molar-refractivity contribution in [1.29, 1.82) is 0 Å². The van der Waals surface area contributed by atoms with Crippen molar-refractivity contribution in [3.05, 3.63) is 39.8 Å². The van der Waals surface area contributed by atoms with Gasteiger partial charge in [-0.3, -0.25) is 19.3 Å². The van der Waals surface area contributed by atoms with E-state index in [4.69, 9.17) is 16.0 Å². The number of rotatable bonds is 7. The van der Waals surface area contributed by atoms with Crippen molar-refractivity contribution >= 4 is 23.3 Å². The van der Waals surface area contributed by atoms with Gasteiger partial charge in [0.25, 0.3) is 0 Å². The summed E-state index contributed by atoms with van der Waals surface area (Å²) in [5.41, 5.74) is 17.0. The van der Waals surface area contributed by atoms with Crippen LogP contribution < -0.4 is 10.6 Å². The van der Waals surface area contributed by atoms with Gasteiger partial charge in [0.05, 0.1) is 18.1 Å². The first-order valence-corrected chi connectivity index (χ1v) is 14.4. The fraction of sp³-hybridized carbons (Fsp3) is 0.679. The topological polar surface area (TPSA) is 145 Å². The van der Waals surface area contributed by atoms with Crippen LogP contribution in [0.5, 0.6) is 0 Å². The first-order chi connectivity index (χ1) is 19.0. The van der Waals surface area contributed by atoms with E-state index in [1.54, 1.807) is 11.0 Å². The van der Waals surface area contributed by atoms with Gasteiger partial charge in [0.2, 0.25) is 11.8 Å². The van der Waals surface area contributed by atoms with Crippen molar-refractivity contribution in [1.82, 2.24) is 9.80 Å². The number of benzene rings is 1. The third-order valence-electron chi connectivity index (χ3n) is 9.41. The van der Waals surface area contributed by atoms with Crippen LogP contribution in [0.4, 0.5) is 5.69 Å². The van der Waals surface area contributed by atoms with E-state index < -0.39 is 30.0 Å². The summed E-state index contributed by atoms with van der Waals surface area (Å²) in [5, 5.41) is 3.85. The second-order valence-corrected chi connectivity index (χ2v) is 11.7. The maximum Gasteiger partial charge on any atom is 0.249 e. The maximum absolute atomic E-state index is 14.5. The van der Waals surface area contributed by atoms with Gasteiger partial charge in [0.1, 0.15) is 12.6 Å². The molecule has 3 heterocycles. The van der Waals surface area contributed by atoms with Gasteiger partial charge in [0.15, 0.2) is 5.78 Å². The van der Waals surface area contributed by atoms with Crippen molar-refractivity contribution in [2.75, 3.05) is 44.2 Å². The normalized spacial score (nSPS) is 28.7. The molecule has 1 aromatic carbocycles. The zero-order chi connectivity index (χ0) is 27.1. The number of hydrogen-bond acceptors (Lipinski definition) is 7. The summed E-state index contributed by atoms with van der Waals surface area (Å²) >= 11 is 0. The molecule has 1 aromatic rings. The third-order valence-corrected chi connectivity index (χ3v) is 9.41. The standard InChI is InChI=1S/C28H37N7O4/c29-27(37)20-9-8-19(34-12-10-33(11-13-34)18-6-7-18)14-21(20)24(17-4-2-1-3-5-17)28(38)35-15-22(31-32-30)26-25(35)23(36)16-39-26/h8-9,14,17-18,22,24-26H,1-7,10-13,15-16H2,(H2,29,37)/t22-,24+,25-,26-/m1/s1. The number of amides is 2. The number of ether oxygens (including phenoxy) is 1. The summed E-state index contributed by atoms with van der Waals surface area (Å²) in [7, 11) is 0. The van der Waals surface area contributed by atoms with Crippen LogP contribution in [-0.4, -0.2) is 91.0 Å². The molecule has 6 rings (SSSR count). The quantitative estimate of drug-likeness (QED) is 0.323. The fourth-order valence-electron chi connectivity index (χ4n) is 7.27. The summed E-state index contributed by atoms with van der Waals surface area (Å²) in [6.07, 6.45) is 6.82. The molecule has 5 fully saturated rings. The number of hydrogen-bond donors (Lipinski definition) is 1. The van der Waals surface area contributed by atoms with Gasteiger partial charge in [0, 0.05) is 54.9 Å². The van der Waals surface area contributed by atoms with Crippen molar-refractivity contribution in [3.8, 4) is 0 Å². The molecular formula is C28H37N7O4. The van der Waals surface area contributed by atoms with Gasteiger partial charge in [-0.25, -0.2) is 0 Å². The number of nitrogens with zero attached hydrogens (tertiary/aromatic N) is 6.